The Morgan fingerprint density at radius 3 is 1.52 bits per heavy atom. The predicted octanol–water partition coefficient (Wildman–Crippen LogP) is 9.13. The summed E-state index contributed by atoms with van der Waals surface area (Å²) in [7, 11) is -2.43. The van der Waals surface area contributed by atoms with Crippen LogP contribution in [0.2, 0.25) is 0 Å². The second-order valence-electron chi connectivity index (χ2n) is 11.7. The molecule has 0 spiro atoms. The van der Waals surface area contributed by atoms with E-state index in [9.17, 15) is 0 Å². The minimum atomic E-state index is -2.43. The van der Waals surface area contributed by atoms with Crippen LogP contribution in [0.5, 0.6) is 0 Å². The van der Waals surface area contributed by atoms with Crippen molar-refractivity contribution in [2.75, 3.05) is 13.2 Å². The Morgan fingerprint density at radius 1 is 0.600 bits per heavy atom. The molecule has 0 radical (unpaired) electrons. The molecule has 5 aromatic carbocycles. The minimum absolute atomic E-state index is 0.559. The first-order valence-corrected chi connectivity index (χ1v) is 19.7. The molecular formula is C47H37OOsP+. The molecule has 1 aliphatic rings. The van der Waals surface area contributed by atoms with Gasteiger partial charge in [-0.05, 0) is 24.6 Å². The van der Waals surface area contributed by atoms with Crippen LogP contribution >= 0.6 is 7.26 Å². The topological polar surface area (TPSA) is 9.23 Å². The maximum atomic E-state index is 5.93. The molecule has 0 N–H and O–H groups in total. The van der Waals surface area contributed by atoms with Crippen molar-refractivity contribution in [1.29, 1.82) is 0 Å². The predicted molar refractivity (Wildman–Crippen MR) is 209 cm³/mol. The fourth-order valence-electron chi connectivity index (χ4n) is 6.06. The van der Waals surface area contributed by atoms with Crippen molar-refractivity contribution in [2.24, 2.45) is 0 Å². The summed E-state index contributed by atoms with van der Waals surface area (Å²) in [4.78, 5) is 0. The molecule has 6 rings (SSSR count). The molecule has 243 valence electrons. The average Bonchev–Trinajstić information content (AvgIpc) is 3.64. The zero-order valence-corrected chi connectivity index (χ0v) is 31.6. The number of benzene rings is 5. The first-order chi connectivity index (χ1) is 24.6. The van der Waals surface area contributed by atoms with Crippen LogP contribution in [0.1, 0.15) is 36.1 Å². The van der Waals surface area contributed by atoms with Crippen LogP contribution in [-0.4, -0.2) is 13.2 Å². The van der Waals surface area contributed by atoms with Gasteiger partial charge in [0.05, 0.1) is 0 Å². The van der Waals surface area contributed by atoms with Crippen LogP contribution in [0, 0.1) is 28.1 Å². The van der Waals surface area contributed by atoms with Crippen molar-refractivity contribution in [3.63, 3.8) is 0 Å². The number of allylic oxidation sites excluding steroid dienone is 5. The molecule has 1 fully saturated rings. The monoisotopic (exact) mass is 840 g/mol. The molecule has 0 amide bonds. The molecular weight excluding hydrogens is 802 g/mol. The van der Waals surface area contributed by atoms with Gasteiger partial charge in [0.2, 0.25) is 0 Å². The average molecular weight is 839 g/mol. The quantitative estimate of drug-likeness (QED) is 0.123. The van der Waals surface area contributed by atoms with E-state index in [1.54, 1.807) is 17.9 Å². The first kappa shape index (κ1) is 34.8. The summed E-state index contributed by atoms with van der Waals surface area (Å²) < 4.78 is 9.69. The van der Waals surface area contributed by atoms with Crippen molar-refractivity contribution in [3.05, 3.63) is 202 Å². The van der Waals surface area contributed by atoms with E-state index in [1.165, 1.54) is 27.1 Å². The zero-order valence-electron chi connectivity index (χ0n) is 28.2. The summed E-state index contributed by atoms with van der Waals surface area (Å²) >= 11 is 1.77. The van der Waals surface area contributed by atoms with Crippen LogP contribution in [0.3, 0.4) is 0 Å². The van der Waals surface area contributed by atoms with Crippen molar-refractivity contribution in [3.8, 4) is 28.1 Å². The number of rotatable bonds is 6. The van der Waals surface area contributed by atoms with Gasteiger partial charge in [0, 0.05) is 0 Å². The summed E-state index contributed by atoms with van der Waals surface area (Å²) in [6.45, 7) is 5.27. The van der Waals surface area contributed by atoms with Gasteiger partial charge in [-0.25, -0.2) is 0 Å². The van der Waals surface area contributed by atoms with Crippen molar-refractivity contribution in [1.82, 2.24) is 0 Å². The summed E-state index contributed by atoms with van der Waals surface area (Å²) in [6.07, 6.45) is 8.52. The number of hydrogen-bond donors (Lipinski definition) is 0. The molecule has 5 aromatic rings. The normalized spacial score (nSPS) is 14.8. The molecule has 3 heteroatoms. The second kappa shape index (κ2) is 17.1. The Hall–Kier alpha value is -5.01. The third-order valence-corrected chi connectivity index (χ3v) is 13.9. The third-order valence-electron chi connectivity index (χ3n) is 8.55. The van der Waals surface area contributed by atoms with E-state index in [0.717, 1.165) is 33.2 Å². The van der Waals surface area contributed by atoms with Crippen LogP contribution in [-0.2, 0) is 22.7 Å². The van der Waals surface area contributed by atoms with Crippen LogP contribution in [0.4, 0.5) is 0 Å². The van der Waals surface area contributed by atoms with Gasteiger partial charge in [0.1, 0.15) is 0 Å². The van der Waals surface area contributed by atoms with Crippen LogP contribution < -0.4 is 15.9 Å². The summed E-state index contributed by atoms with van der Waals surface area (Å²) in [5.41, 5.74) is 7.35. The van der Waals surface area contributed by atoms with Gasteiger partial charge in [0.15, 0.2) is 0 Å². The molecule has 0 saturated carbocycles. The number of ether oxygens (including phenoxy) is 1. The van der Waals surface area contributed by atoms with Crippen molar-refractivity contribution >= 4 is 29.3 Å². The van der Waals surface area contributed by atoms with E-state index in [0.29, 0.717) is 13.2 Å². The summed E-state index contributed by atoms with van der Waals surface area (Å²) in [5.74, 6) is 13.8. The molecule has 0 aliphatic carbocycles. The maximum absolute atomic E-state index is 5.93. The van der Waals surface area contributed by atoms with E-state index >= 15 is 0 Å². The molecule has 0 bridgehead atoms. The van der Waals surface area contributed by atoms with Gasteiger partial charge >= 0.3 is 260 Å². The molecule has 1 heterocycles. The molecule has 1 nitrogen and oxygen atoms in total. The van der Waals surface area contributed by atoms with E-state index in [1.807, 2.05) is 25.1 Å². The fourth-order valence-corrected chi connectivity index (χ4v) is 11.8. The molecule has 50 heavy (non-hydrogen) atoms. The molecule has 1 aliphatic heterocycles. The Kier molecular flexibility index (Phi) is 11.9. The summed E-state index contributed by atoms with van der Waals surface area (Å²) in [6, 6.07) is 49.2. The van der Waals surface area contributed by atoms with Gasteiger partial charge in [-0.1, -0.05) is 24.3 Å². The van der Waals surface area contributed by atoms with E-state index in [-0.39, 0.29) is 0 Å². The molecule has 0 aromatic heterocycles. The van der Waals surface area contributed by atoms with Crippen molar-refractivity contribution in [2.45, 2.75) is 13.8 Å². The third kappa shape index (κ3) is 7.89. The van der Waals surface area contributed by atoms with Crippen LogP contribution in [0.25, 0.3) is 6.08 Å². The molecule has 0 unspecified atom stereocenters. The summed E-state index contributed by atoms with van der Waals surface area (Å²) in [5, 5.41) is 4.90. The van der Waals surface area contributed by atoms with Gasteiger partial charge in [-0.3, -0.25) is 0 Å². The Labute approximate surface area is 307 Å². The first-order valence-electron chi connectivity index (χ1n) is 16.6. The van der Waals surface area contributed by atoms with Crippen molar-refractivity contribution < 1.29 is 22.7 Å². The van der Waals surface area contributed by atoms with Gasteiger partial charge < -0.3 is 0 Å². The Morgan fingerprint density at radius 2 is 1.06 bits per heavy atom. The Balaban J connectivity index is 1.51. The Bertz CT molecular complexity index is 2130. The second-order valence-corrected chi connectivity index (χ2v) is 15.7. The SMILES string of the molecule is CC=C1COCC1=CC(C#Cc1ccc(C#Cc2ccc(/C=C/C)cc2)cc1)=C([C]#[Os])[P+](c1ccccc1)(c1ccccc1)c1ccccc1. The van der Waals surface area contributed by atoms with Crippen LogP contribution in [0.15, 0.2) is 180 Å². The standard InChI is InChI=1S/C47H37OP.Os/c1-4-15-38-22-24-39(25-23-38)26-27-40-28-30-41(31-29-40)32-33-43(34-44-36-48-35-42(44)5-2)37(3)49(45-16-9-6-10-17-45,46-18-11-7-12-19-46)47-20-13-8-14-21-47;/h4-25,28-31,34H,35-36H2,1-2H3;/q+1;/b15-4+,42-5?,43-37?,44-34?;. The van der Waals surface area contributed by atoms with Gasteiger partial charge in [-0.2, -0.15) is 0 Å². The molecule has 0 atom stereocenters. The zero-order chi connectivity index (χ0) is 34.6. The van der Waals surface area contributed by atoms with E-state index < -0.39 is 7.26 Å². The van der Waals surface area contributed by atoms with E-state index in [4.69, 9.17) is 4.74 Å². The van der Waals surface area contributed by atoms with Gasteiger partial charge in [0.25, 0.3) is 0 Å². The number of hydrogen-bond acceptors (Lipinski definition) is 1. The van der Waals surface area contributed by atoms with E-state index in [2.05, 4.69) is 181 Å². The fraction of sp³-hybridized carbons (Fsp3) is 0.0851. The molecule has 1 saturated heterocycles. The van der Waals surface area contributed by atoms with Gasteiger partial charge in [-0.15, -0.1) is 0 Å².